The number of hydrogen-bond donors (Lipinski definition) is 2. The first-order valence-corrected chi connectivity index (χ1v) is 8.05. The second-order valence-electron chi connectivity index (χ2n) is 6.67. The molecule has 0 heterocycles. The molecule has 0 radical (unpaired) electrons. The van der Waals surface area contributed by atoms with Gasteiger partial charge in [-0.3, -0.25) is 0 Å². The molecule has 1 aromatic carbocycles. The summed E-state index contributed by atoms with van der Waals surface area (Å²) in [6.07, 6.45) is -0.475. The zero-order valence-electron chi connectivity index (χ0n) is 15.6. The lowest BCUT2D eigenvalue weighted by molar-refractivity contribution is -0.139. The quantitative estimate of drug-likeness (QED) is 0.745. The van der Waals surface area contributed by atoms with E-state index in [2.05, 4.69) is 5.32 Å². The minimum absolute atomic E-state index is 0.122. The Kier molecular flexibility index (Phi) is 7.09. The lowest BCUT2D eigenvalue weighted by Gasteiger charge is -2.27. The first-order chi connectivity index (χ1) is 11.6. The van der Waals surface area contributed by atoms with Crippen LogP contribution in [0.4, 0.5) is 4.79 Å². The van der Waals surface area contributed by atoms with Crippen molar-refractivity contribution in [1.82, 2.24) is 5.32 Å². The molecule has 0 aliphatic heterocycles. The van der Waals surface area contributed by atoms with Crippen molar-refractivity contribution >= 4 is 12.1 Å². The average molecular weight is 353 g/mol. The summed E-state index contributed by atoms with van der Waals surface area (Å²) in [5.74, 6) is 0.160. The summed E-state index contributed by atoms with van der Waals surface area (Å²) in [6, 6.07) is 4.18. The Balaban J connectivity index is 2.92. The van der Waals surface area contributed by atoms with Gasteiger partial charge in [0.05, 0.1) is 14.2 Å². The Labute approximate surface area is 148 Å². The molecule has 1 rings (SSSR count). The summed E-state index contributed by atoms with van der Waals surface area (Å²) < 4.78 is 15.9. The molecule has 0 saturated heterocycles. The van der Waals surface area contributed by atoms with E-state index in [4.69, 9.17) is 14.2 Å². The number of hydrogen-bond acceptors (Lipinski definition) is 5. The number of amides is 1. The van der Waals surface area contributed by atoms with Crippen LogP contribution in [0.15, 0.2) is 18.2 Å². The van der Waals surface area contributed by atoms with Gasteiger partial charge in [-0.2, -0.15) is 0 Å². The summed E-state index contributed by atoms with van der Waals surface area (Å²) in [6.45, 7) is 7.18. The highest BCUT2D eigenvalue weighted by molar-refractivity contribution is 5.80. The fourth-order valence-corrected chi connectivity index (χ4v) is 2.31. The van der Waals surface area contributed by atoms with Gasteiger partial charge < -0.3 is 24.6 Å². The molecule has 7 nitrogen and oxygen atoms in total. The third-order valence-electron chi connectivity index (χ3n) is 3.69. The fraction of sp³-hybridized carbons (Fsp3) is 0.556. The smallest absolute Gasteiger partial charge is 0.408 e. The third kappa shape index (κ3) is 6.17. The van der Waals surface area contributed by atoms with Crippen LogP contribution in [0.2, 0.25) is 0 Å². The van der Waals surface area contributed by atoms with Gasteiger partial charge in [-0.15, -0.1) is 0 Å². The van der Waals surface area contributed by atoms with Crippen molar-refractivity contribution in [3.63, 3.8) is 0 Å². The molecule has 140 valence electrons. The normalized spacial score (nSPS) is 12.4. The van der Waals surface area contributed by atoms with Crippen LogP contribution in [-0.2, 0) is 15.1 Å². The minimum Gasteiger partial charge on any atom is -0.497 e. The number of carbonyl (C=O) groups excluding carboxylic acids is 1. The number of ether oxygens (including phenoxy) is 3. The summed E-state index contributed by atoms with van der Waals surface area (Å²) in [7, 11) is 3.06. The van der Waals surface area contributed by atoms with Crippen LogP contribution >= 0.6 is 0 Å². The van der Waals surface area contributed by atoms with Crippen LogP contribution in [0.1, 0.15) is 39.7 Å². The first-order valence-electron chi connectivity index (χ1n) is 8.05. The van der Waals surface area contributed by atoms with E-state index in [1.165, 1.54) is 14.2 Å². The van der Waals surface area contributed by atoms with Crippen LogP contribution in [0.3, 0.4) is 0 Å². The second kappa shape index (κ2) is 8.60. The maximum absolute atomic E-state index is 12.2. The van der Waals surface area contributed by atoms with Crippen LogP contribution in [0, 0.1) is 5.92 Å². The van der Waals surface area contributed by atoms with Gasteiger partial charge >= 0.3 is 12.1 Å². The number of methoxy groups -OCH3 is 2. The van der Waals surface area contributed by atoms with Crippen LogP contribution < -0.4 is 14.8 Å². The lowest BCUT2D eigenvalue weighted by Crippen LogP contribution is -2.44. The van der Waals surface area contributed by atoms with E-state index in [1.54, 1.807) is 32.0 Å². The number of carboxylic acids is 1. The maximum Gasteiger partial charge on any atom is 0.408 e. The average Bonchev–Trinajstić information content (AvgIpc) is 2.52. The largest absolute Gasteiger partial charge is 0.497 e. The zero-order chi connectivity index (χ0) is 19.2. The van der Waals surface area contributed by atoms with E-state index >= 15 is 0 Å². The predicted octanol–water partition coefficient (Wildman–Crippen LogP) is 3.16. The van der Waals surface area contributed by atoms with Crippen molar-refractivity contribution in [2.45, 2.75) is 45.8 Å². The molecule has 0 saturated carbocycles. The molecule has 0 aliphatic carbocycles. The number of nitrogens with one attached hydrogen (secondary N) is 1. The SMILES string of the molecule is COc1cc(OC)cc(C(C)(C)OC(=O)N[C@@H](CC(C)C)C(=O)O)c1. The van der Waals surface area contributed by atoms with Crippen LogP contribution in [0.25, 0.3) is 0 Å². The van der Waals surface area contributed by atoms with Gasteiger partial charge in [0.1, 0.15) is 23.1 Å². The van der Waals surface area contributed by atoms with Crippen molar-refractivity contribution < 1.29 is 28.9 Å². The molecule has 0 bridgehead atoms. The van der Waals surface area contributed by atoms with E-state index in [1.807, 2.05) is 13.8 Å². The van der Waals surface area contributed by atoms with E-state index in [9.17, 15) is 14.7 Å². The standard InChI is InChI=1S/C18H27NO6/c1-11(2)7-15(16(20)21)19-17(22)25-18(3,4)12-8-13(23-5)10-14(9-12)24-6/h8-11,15H,7H2,1-6H3,(H,19,22)(H,20,21)/t15-/m0/s1. The third-order valence-corrected chi connectivity index (χ3v) is 3.69. The number of aliphatic carboxylic acids is 1. The van der Waals surface area contributed by atoms with E-state index in [0.717, 1.165) is 0 Å². The van der Waals surface area contributed by atoms with Crippen molar-refractivity contribution in [1.29, 1.82) is 0 Å². The van der Waals surface area contributed by atoms with E-state index in [0.29, 0.717) is 23.5 Å². The zero-order valence-corrected chi connectivity index (χ0v) is 15.6. The highest BCUT2D eigenvalue weighted by Gasteiger charge is 2.29. The molecule has 0 unspecified atom stereocenters. The number of carboxylic acid groups (broad SMARTS) is 1. The van der Waals surface area contributed by atoms with Gasteiger partial charge in [-0.05, 0) is 38.3 Å². The summed E-state index contributed by atoms with van der Waals surface area (Å²) >= 11 is 0. The van der Waals surface area contributed by atoms with Gasteiger partial charge in [-0.1, -0.05) is 13.8 Å². The molecular formula is C18H27NO6. The Morgan fingerprint density at radius 3 is 2.04 bits per heavy atom. The molecule has 25 heavy (non-hydrogen) atoms. The second-order valence-corrected chi connectivity index (χ2v) is 6.67. The number of alkyl carbamates (subject to hydrolysis) is 1. The van der Waals surface area contributed by atoms with Crippen LogP contribution in [-0.4, -0.2) is 37.4 Å². The first kappa shape index (κ1) is 20.6. The van der Waals surface area contributed by atoms with E-state index < -0.39 is 23.7 Å². The lowest BCUT2D eigenvalue weighted by atomic mass is 9.97. The summed E-state index contributed by atoms with van der Waals surface area (Å²) in [4.78, 5) is 23.4. The highest BCUT2D eigenvalue weighted by atomic mass is 16.6. The molecule has 0 fully saturated rings. The monoisotopic (exact) mass is 353 g/mol. The van der Waals surface area contributed by atoms with Crippen molar-refractivity contribution in [2.24, 2.45) is 5.92 Å². The predicted molar refractivity (Wildman–Crippen MR) is 93.1 cm³/mol. The van der Waals surface area contributed by atoms with Gasteiger partial charge in [0, 0.05) is 11.6 Å². The number of benzene rings is 1. The molecule has 1 aromatic rings. The topological polar surface area (TPSA) is 94.1 Å². The highest BCUT2D eigenvalue weighted by Crippen LogP contribution is 2.32. The van der Waals surface area contributed by atoms with Gasteiger partial charge in [-0.25, -0.2) is 9.59 Å². The minimum atomic E-state index is -1.09. The summed E-state index contributed by atoms with van der Waals surface area (Å²) in [5, 5.41) is 11.6. The molecule has 7 heteroatoms. The van der Waals surface area contributed by atoms with Crippen molar-refractivity contribution in [3.05, 3.63) is 23.8 Å². The summed E-state index contributed by atoms with van der Waals surface area (Å²) in [5.41, 5.74) is -0.346. The maximum atomic E-state index is 12.2. The molecule has 0 aromatic heterocycles. The van der Waals surface area contributed by atoms with Gasteiger partial charge in [0.15, 0.2) is 0 Å². The molecule has 2 N–H and O–H groups in total. The molecule has 1 atom stereocenters. The Morgan fingerprint density at radius 1 is 1.12 bits per heavy atom. The van der Waals surface area contributed by atoms with Gasteiger partial charge in [0.2, 0.25) is 0 Å². The Morgan fingerprint density at radius 2 is 1.64 bits per heavy atom. The van der Waals surface area contributed by atoms with Crippen molar-refractivity contribution in [2.75, 3.05) is 14.2 Å². The molecular weight excluding hydrogens is 326 g/mol. The Bertz CT molecular complexity index is 589. The fourth-order valence-electron chi connectivity index (χ4n) is 2.31. The Hall–Kier alpha value is -2.44. The molecule has 1 amide bonds. The van der Waals surface area contributed by atoms with E-state index in [-0.39, 0.29) is 5.92 Å². The van der Waals surface area contributed by atoms with Gasteiger partial charge in [0.25, 0.3) is 0 Å². The number of carbonyl (C=O) groups is 2. The van der Waals surface area contributed by atoms with Crippen LogP contribution in [0.5, 0.6) is 11.5 Å². The number of rotatable bonds is 8. The molecule has 0 spiro atoms. The van der Waals surface area contributed by atoms with Crippen molar-refractivity contribution in [3.8, 4) is 11.5 Å². The molecule has 0 aliphatic rings.